The van der Waals surface area contributed by atoms with Gasteiger partial charge in [-0.05, 0) is 24.6 Å². The summed E-state index contributed by atoms with van der Waals surface area (Å²) in [6.07, 6.45) is 0.878. The fraction of sp³-hybridized carbons (Fsp3) is 0.200. The Bertz CT molecular complexity index is 464. The van der Waals surface area contributed by atoms with Gasteiger partial charge in [-0.2, -0.15) is 0 Å². The summed E-state index contributed by atoms with van der Waals surface area (Å²) in [5.41, 5.74) is 3.18. The molecule has 0 aliphatic rings. The van der Waals surface area contributed by atoms with Crippen LogP contribution in [0, 0.1) is 6.92 Å². The Morgan fingerprint density at radius 2 is 2.43 bits per heavy atom. The van der Waals surface area contributed by atoms with Gasteiger partial charge in [0.1, 0.15) is 6.29 Å². The van der Waals surface area contributed by atoms with Crippen LogP contribution in [0.3, 0.4) is 0 Å². The van der Waals surface area contributed by atoms with Crippen molar-refractivity contribution in [2.24, 2.45) is 0 Å². The lowest BCUT2D eigenvalue weighted by molar-refractivity contribution is -0.105. The number of hydrogen-bond donors (Lipinski definition) is 1. The first-order valence-corrected chi connectivity index (χ1v) is 5.31. The average molecular weight is 206 g/mol. The molecule has 1 aromatic heterocycles. The number of thioether (sulfide) groups is 1. The molecule has 1 N–H and O–H groups in total. The van der Waals surface area contributed by atoms with Gasteiger partial charge in [0, 0.05) is 0 Å². The molecule has 0 aliphatic heterocycles. The highest BCUT2D eigenvalue weighted by molar-refractivity contribution is 7.99. The second-order valence-corrected chi connectivity index (χ2v) is 4.05. The number of nitrogens with zero attached hydrogens (tertiary/aromatic N) is 1. The number of nitrogens with one attached hydrogen (secondary N) is 1. The van der Waals surface area contributed by atoms with Gasteiger partial charge in [0.2, 0.25) is 0 Å². The Morgan fingerprint density at radius 3 is 3.21 bits per heavy atom. The van der Waals surface area contributed by atoms with Gasteiger partial charge in [-0.3, -0.25) is 0 Å². The number of aldehydes is 1. The van der Waals surface area contributed by atoms with Crippen molar-refractivity contribution in [3.8, 4) is 0 Å². The van der Waals surface area contributed by atoms with Crippen molar-refractivity contribution < 1.29 is 4.79 Å². The number of aryl methyl sites for hydroxylation is 1. The summed E-state index contributed by atoms with van der Waals surface area (Å²) in [7, 11) is 0. The second-order valence-electron chi connectivity index (χ2n) is 3.04. The summed E-state index contributed by atoms with van der Waals surface area (Å²) >= 11 is 1.42. The Balaban J connectivity index is 2.36. The van der Waals surface area contributed by atoms with Crippen LogP contribution in [-0.2, 0) is 4.79 Å². The molecule has 14 heavy (non-hydrogen) atoms. The molecule has 72 valence electrons. The van der Waals surface area contributed by atoms with Crippen molar-refractivity contribution in [1.29, 1.82) is 0 Å². The molecule has 1 aromatic carbocycles. The third-order valence-electron chi connectivity index (χ3n) is 1.90. The molecule has 0 atom stereocenters. The summed E-state index contributed by atoms with van der Waals surface area (Å²) in [6, 6.07) is 6.05. The van der Waals surface area contributed by atoms with Gasteiger partial charge in [-0.1, -0.05) is 17.8 Å². The Morgan fingerprint density at radius 1 is 1.57 bits per heavy atom. The lowest BCUT2D eigenvalue weighted by atomic mass is 10.2. The quantitative estimate of drug-likeness (QED) is 0.618. The monoisotopic (exact) mass is 206 g/mol. The van der Waals surface area contributed by atoms with Crippen molar-refractivity contribution >= 4 is 29.1 Å². The summed E-state index contributed by atoms with van der Waals surface area (Å²) in [5, 5.41) is 0.803. The lowest BCUT2D eigenvalue weighted by Crippen LogP contribution is -1.79. The minimum atomic E-state index is 0.443. The van der Waals surface area contributed by atoms with E-state index in [1.54, 1.807) is 0 Å². The normalized spacial score (nSPS) is 10.6. The van der Waals surface area contributed by atoms with Crippen LogP contribution in [-0.4, -0.2) is 22.0 Å². The number of imidazole rings is 1. The van der Waals surface area contributed by atoms with Crippen LogP contribution in [0.1, 0.15) is 5.56 Å². The first-order chi connectivity index (χ1) is 6.79. The molecule has 2 rings (SSSR count). The zero-order valence-corrected chi connectivity index (χ0v) is 8.60. The molecule has 0 spiro atoms. The van der Waals surface area contributed by atoms with Gasteiger partial charge in [-0.15, -0.1) is 0 Å². The van der Waals surface area contributed by atoms with Gasteiger partial charge in [0.15, 0.2) is 5.16 Å². The van der Waals surface area contributed by atoms with Crippen LogP contribution >= 0.6 is 11.8 Å². The lowest BCUT2D eigenvalue weighted by Gasteiger charge is -1.89. The predicted molar refractivity (Wildman–Crippen MR) is 57.6 cm³/mol. The number of carbonyl (C=O) groups is 1. The van der Waals surface area contributed by atoms with Crippen molar-refractivity contribution in [2.75, 3.05) is 5.75 Å². The minimum Gasteiger partial charge on any atom is -0.333 e. The molecule has 0 radical (unpaired) electrons. The smallest absolute Gasteiger partial charge is 0.166 e. The summed E-state index contributed by atoms with van der Waals surface area (Å²) in [6.45, 7) is 2.04. The molecule has 0 fully saturated rings. The molecule has 0 saturated heterocycles. The van der Waals surface area contributed by atoms with Crippen LogP contribution in [0.15, 0.2) is 23.4 Å². The molecular formula is C10H10N2OS. The van der Waals surface area contributed by atoms with Crippen molar-refractivity contribution in [3.05, 3.63) is 23.8 Å². The van der Waals surface area contributed by atoms with E-state index in [1.807, 2.05) is 25.1 Å². The number of rotatable bonds is 3. The molecule has 4 heteroatoms. The van der Waals surface area contributed by atoms with Crippen LogP contribution in [0.2, 0.25) is 0 Å². The van der Waals surface area contributed by atoms with Crippen LogP contribution < -0.4 is 0 Å². The maximum absolute atomic E-state index is 10.2. The van der Waals surface area contributed by atoms with Gasteiger partial charge < -0.3 is 9.78 Å². The highest BCUT2D eigenvalue weighted by Gasteiger charge is 2.02. The molecule has 0 aliphatic carbocycles. The number of H-pyrrole nitrogens is 1. The van der Waals surface area contributed by atoms with E-state index in [2.05, 4.69) is 9.97 Å². The topological polar surface area (TPSA) is 45.8 Å². The number of aromatic amines is 1. The van der Waals surface area contributed by atoms with Gasteiger partial charge in [-0.25, -0.2) is 4.98 Å². The van der Waals surface area contributed by atoms with Crippen molar-refractivity contribution in [2.45, 2.75) is 12.1 Å². The Labute approximate surface area is 85.9 Å². The predicted octanol–water partition coefficient (Wildman–Crippen LogP) is 2.16. The Kier molecular flexibility index (Phi) is 2.54. The first-order valence-electron chi connectivity index (χ1n) is 4.32. The number of aromatic nitrogens is 2. The largest absolute Gasteiger partial charge is 0.333 e. The van der Waals surface area contributed by atoms with E-state index >= 15 is 0 Å². The number of carbonyl (C=O) groups excluding carboxylic acids is 1. The van der Waals surface area contributed by atoms with Gasteiger partial charge in [0.05, 0.1) is 16.8 Å². The zero-order chi connectivity index (χ0) is 9.97. The maximum atomic E-state index is 10.2. The number of hydrogen-bond acceptors (Lipinski definition) is 3. The van der Waals surface area contributed by atoms with Gasteiger partial charge >= 0.3 is 0 Å². The zero-order valence-electron chi connectivity index (χ0n) is 7.78. The maximum Gasteiger partial charge on any atom is 0.166 e. The molecule has 1 heterocycles. The fourth-order valence-electron chi connectivity index (χ4n) is 1.28. The number of benzene rings is 1. The Hall–Kier alpha value is -1.29. The molecule has 0 unspecified atom stereocenters. The summed E-state index contributed by atoms with van der Waals surface area (Å²) in [5.74, 6) is 0.443. The van der Waals surface area contributed by atoms with E-state index < -0.39 is 0 Å². The van der Waals surface area contributed by atoms with E-state index in [0.717, 1.165) is 22.5 Å². The average Bonchev–Trinajstić information content (AvgIpc) is 2.56. The van der Waals surface area contributed by atoms with Crippen LogP contribution in [0.4, 0.5) is 0 Å². The van der Waals surface area contributed by atoms with E-state index in [0.29, 0.717) is 5.75 Å². The highest BCUT2D eigenvalue weighted by Crippen LogP contribution is 2.19. The first kappa shape index (κ1) is 9.27. The molecule has 2 aromatic rings. The number of fused-ring (bicyclic) bond motifs is 1. The molecule has 3 nitrogen and oxygen atoms in total. The summed E-state index contributed by atoms with van der Waals surface area (Å²) < 4.78 is 0. The molecule has 0 saturated carbocycles. The second kappa shape index (κ2) is 3.84. The SMILES string of the molecule is Cc1ccc2nc(SCC=O)[nH]c2c1. The highest BCUT2D eigenvalue weighted by atomic mass is 32.2. The molecular weight excluding hydrogens is 196 g/mol. The van der Waals surface area contributed by atoms with Crippen molar-refractivity contribution in [1.82, 2.24) is 9.97 Å². The summed E-state index contributed by atoms with van der Waals surface area (Å²) in [4.78, 5) is 17.7. The fourth-order valence-corrected chi connectivity index (χ4v) is 1.85. The van der Waals surface area contributed by atoms with E-state index in [9.17, 15) is 4.79 Å². The standard InChI is InChI=1S/C10H10N2OS/c1-7-2-3-8-9(6-7)12-10(11-8)14-5-4-13/h2-4,6H,5H2,1H3,(H,11,12). The molecule has 0 bridgehead atoms. The van der Waals surface area contributed by atoms with E-state index in [-0.39, 0.29) is 0 Å². The minimum absolute atomic E-state index is 0.443. The van der Waals surface area contributed by atoms with E-state index in [4.69, 9.17) is 0 Å². The van der Waals surface area contributed by atoms with Crippen LogP contribution in [0.25, 0.3) is 11.0 Å². The van der Waals surface area contributed by atoms with Crippen molar-refractivity contribution in [3.63, 3.8) is 0 Å². The third kappa shape index (κ3) is 1.80. The van der Waals surface area contributed by atoms with E-state index in [1.165, 1.54) is 17.3 Å². The molecule has 0 amide bonds. The van der Waals surface area contributed by atoms with Gasteiger partial charge in [0.25, 0.3) is 0 Å². The van der Waals surface area contributed by atoms with Crippen LogP contribution in [0.5, 0.6) is 0 Å². The third-order valence-corrected chi connectivity index (χ3v) is 2.67.